The van der Waals surface area contributed by atoms with Gasteiger partial charge in [-0.25, -0.2) is 0 Å². The lowest BCUT2D eigenvalue weighted by atomic mass is 10.1. The van der Waals surface area contributed by atoms with Crippen LogP contribution in [-0.4, -0.2) is 24.1 Å². The topological polar surface area (TPSA) is 80.5 Å². The Bertz CT molecular complexity index is 566. The lowest BCUT2D eigenvalue weighted by molar-refractivity contribution is -0.121. The fraction of sp³-hybridized carbons (Fsp3) is 0.357. The van der Waals surface area contributed by atoms with Gasteiger partial charge in [0.1, 0.15) is 0 Å². The maximum Gasteiger partial charge on any atom is 0.299 e. The second kappa shape index (κ2) is 4.84. The van der Waals surface area contributed by atoms with E-state index >= 15 is 0 Å². The molecule has 2 N–H and O–H groups in total. The molecule has 1 heterocycles. The first-order valence-electron chi connectivity index (χ1n) is 6.24. The number of hydrogen-bond donors (Lipinski definition) is 1. The monoisotopic (exact) mass is 260 g/mol. The smallest absolute Gasteiger partial charge is 0.299 e. The van der Waals surface area contributed by atoms with Crippen LogP contribution >= 0.6 is 0 Å². The molecule has 2 amide bonds. The zero-order chi connectivity index (χ0) is 14.2. The predicted octanol–water partition coefficient (Wildman–Crippen LogP) is 0.900. The maximum absolute atomic E-state index is 11.9. The van der Waals surface area contributed by atoms with E-state index in [-0.39, 0.29) is 6.54 Å². The number of Topliss-reactive ketones (excluding diaryl/α,β-unsaturated/α-hetero) is 1. The van der Waals surface area contributed by atoms with Gasteiger partial charge < -0.3 is 10.6 Å². The lowest BCUT2D eigenvalue weighted by Gasteiger charge is -2.19. The van der Waals surface area contributed by atoms with E-state index < -0.39 is 23.5 Å². The fourth-order valence-corrected chi connectivity index (χ4v) is 2.11. The Labute approximate surface area is 111 Å². The first-order chi connectivity index (χ1) is 8.95. The molecule has 0 bridgehead atoms. The van der Waals surface area contributed by atoms with Crippen molar-refractivity contribution >= 4 is 23.3 Å². The van der Waals surface area contributed by atoms with Crippen LogP contribution in [0.4, 0.5) is 5.69 Å². The molecule has 5 nitrogen and oxygen atoms in total. The summed E-state index contributed by atoms with van der Waals surface area (Å²) < 4.78 is 0. The van der Waals surface area contributed by atoms with Crippen LogP contribution in [-0.2, 0) is 16.0 Å². The molecule has 0 saturated carbocycles. The van der Waals surface area contributed by atoms with Crippen LogP contribution in [0.3, 0.4) is 0 Å². The molecule has 0 spiro atoms. The van der Waals surface area contributed by atoms with Gasteiger partial charge >= 0.3 is 0 Å². The number of anilines is 1. The molecule has 0 radical (unpaired) electrons. The number of rotatable bonds is 4. The first-order valence-corrected chi connectivity index (χ1v) is 6.24. The normalized spacial score (nSPS) is 15.6. The van der Waals surface area contributed by atoms with Crippen LogP contribution in [0, 0.1) is 5.92 Å². The average Bonchev–Trinajstić information content (AvgIpc) is 2.63. The SMILES string of the molecule is CCc1ccc2c(c1)C(=O)C(=O)N2CC(C)C(N)=O. The van der Waals surface area contributed by atoms with Crippen molar-refractivity contribution in [3.05, 3.63) is 29.3 Å². The number of ketones is 1. The molecule has 0 saturated heterocycles. The average molecular weight is 260 g/mol. The number of carbonyl (C=O) groups is 3. The highest BCUT2D eigenvalue weighted by atomic mass is 16.2. The molecule has 1 aromatic carbocycles. The number of nitrogens with two attached hydrogens (primary N) is 1. The quantitative estimate of drug-likeness (QED) is 0.817. The van der Waals surface area contributed by atoms with E-state index in [1.165, 1.54) is 4.90 Å². The van der Waals surface area contributed by atoms with Crippen molar-refractivity contribution in [1.82, 2.24) is 0 Å². The number of benzene rings is 1. The van der Waals surface area contributed by atoms with Crippen molar-refractivity contribution in [2.75, 3.05) is 11.4 Å². The van der Waals surface area contributed by atoms with Crippen LogP contribution in [0.25, 0.3) is 0 Å². The van der Waals surface area contributed by atoms with Crippen molar-refractivity contribution in [3.8, 4) is 0 Å². The predicted molar refractivity (Wildman–Crippen MR) is 70.9 cm³/mol. The summed E-state index contributed by atoms with van der Waals surface area (Å²) in [5.41, 5.74) is 7.19. The molecule has 1 aromatic rings. The van der Waals surface area contributed by atoms with E-state index in [4.69, 9.17) is 5.73 Å². The molecule has 0 aromatic heterocycles. The van der Waals surface area contributed by atoms with Gasteiger partial charge in [-0.15, -0.1) is 0 Å². The van der Waals surface area contributed by atoms with E-state index in [9.17, 15) is 14.4 Å². The summed E-state index contributed by atoms with van der Waals surface area (Å²) in [6.45, 7) is 3.76. The molecule has 1 atom stereocenters. The number of amides is 2. The van der Waals surface area contributed by atoms with Crippen molar-refractivity contribution in [3.63, 3.8) is 0 Å². The Morgan fingerprint density at radius 1 is 1.37 bits per heavy atom. The number of fused-ring (bicyclic) bond motifs is 1. The third kappa shape index (κ3) is 2.23. The summed E-state index contributed by atoms with van der Waals surface area (Å²) >= 11 is 0. The van der Waals surface area contributed by atoms with Gasteiger partial charge in [-0.2, -0.15) is 0 Å². The minimum absolute atomic E-state index is 0.137. The van der Waals surface area contributed by atoms with E-state index in [2.05, 4.69) is 0 Å². The standard InChI is InChI=1S/C14H16N2O3/c1-3-9-4-5-11-10(6-9)12(17)14(19)16(11)7-8(2)13(15)18/h4-6,8H,3,7H2,1-2H3,(H2,15,18). The summed E-state index contributed by atoms with van der Waals surface area (Å²) in [6, 6.07) is 5.38. The second-order valence-electron chi connectivity index (χ2n) is 4.75. The minimum atomic E-state index is -0.587. The maximum atomic E-state index is 11.9. The highest BCUT2D eigenvalue weighted by Crippen LogP contribution is 2.30. The minimum Gasteiger partial charge on any atom is -0.369 e. The lowest BCUT2D eigenvalue weighted by Crippen LogP contribution is -2.38. The van der Waals surface area contributed by atoms with Gasteiger partial charge in [-0.3, -0.25) is 14.4 Å². The van der Waals surface area contributed by atoms with Crippen molar-refractivity contribution in [2.45, 2.75) is 20.3 Å². The molecule has 5 heteroatoms. The molecule has 100 valence electrons. The molecular formula is C14H16N2O3. The first kappa shape index (κ1) is 13.3. The molecule has 1 aliphatic rings. The van der Waals surface area contributed by atoms with Gasteiger partial charge in [-0.1, -0.05) is 19.9 Å². The molecule has 1 aliphatic heterocycles. The Balaban J connectivity index is 2.37. The van der Waals surface area contributed by atoms with Crippen LogP contribution in [0.2, 0.25) is 0 Å². The summed E-state index contributed by atoms with van der Waals surface area (Å²) in [4.78, 5) is 36.3. The Hall–Kier alpha value is -2.17. The summed E-state index contributed by atoms with van der Waals surface area (Å²) in [5.74, 6) is -2.08. The van der Waals surface area contributed by atoms with E-state index in [1.807, 2.05) is 13.0 Å². The zero-order valence-corrected chi connectivity index (χ0v) is 11.0. The Kier molecular flexibility index (Phi) is 3.38. The summed E-state index contributed by atoms with van der Waals surface area (Å²) in [7, 11) is 0. The van der Waals surface area contributed by atoms with Gasteiger partial charge in [0, 0.05) is 6.54 Å². The third-order valence-electron chi connectivity index (χ3n) is 3.39. The summed E-state index contributed by atoms with van der Waals surface area (Å²) in [6.07, 6.45) is 0.798. The van der Waals surface area contributed by atoms with Gasteiger partial charge in [0.15, 0.2) is 0 Å². The van der Waals surface area contributed by atoms with Crippen molar-refractivity contribution in [2.24, 2.45) is 11.7 Å². The van der Waals surface area contributed by atoms with Gasteiger partial charge in [0.25, 0.3) is 11.7 Å². The Morgan fingerprint density at radius 3 is 2.63 bits per heavy atom. The van der Waals surface area contributed by atoms with E-state index in [1.54, 1.807) is 19.1 Å². The second-order valence-corrected chi connectivity index (χ2v) is 4.75. The highest BCUT2D eigenvalue weighted by Gasteiger charge is 2.36. The number of primary amides is 1. The number of aryl methyl sites for hydroxylation is 1. The largest absolute Gasteiger partial charge is 0.369 e. The van der Waals surface area contributed by atoms with Crippen LogP contribution in [0.1, 0.15) is 29.8 Å². The van der Waals surface area contributed by atoms with Gasteiger partial charge in [0.05, 0.1) is 17.2 Å². The van der Waals surface area contributed by atoms with Crippen LogP contribution < -0.4 is 10.6 Å². The molecule has 0 fully saturated rings. The van der Waals surface area contributed by atoms with Gasteiger partial charge in [0.2, 0.25) is 5.91 Å². The third-order valence-corrected chi connectivity index (χ3v) is 3.39. The fourth-order valence-electron chi connectivity index (χ4n) is 2.11. The molecule has 0 aliphatic carbocycles. The number of nitrogens with zero attached hydrogens (tertiary/aromatic N) is 1. The van der Waals surface area contributed by atoms with Crippen LogP contribution in [0.5, 0.6) is 0 Å². The van der Waals surface area contributed by atoms with E-state index in [0.717, 1.165) is 12.0 Å². The molecule has 2 rings (SSSR count). The van der Waals surface area contributed by atoms with E-state index in [0.29, 0.717) is 11.3 Å². The van der Waals surface area contributed by atoms with Crippen molar-refractivity contribution < 1.29 is 14.4 Å². The summed E-state index contributed by atoms with van der Waals surface area (Å²) in [5, 5.41) is 0. The van der Waals surface area contributed by atoms with Gasteiger partial charge in [-0.05, 0) is 24.1 Å². The van der Waals surface area contributed by atoms with Crippen LogP contribution in [0.15, 0.2) is 18.2 Å². The highest BCUT2D eigenvalue weighted by molar-refractivity contribution is 6.52. The molecular weight excluding hydrogens is 244 g/mol. The molecule has 1 unspecified atom stereocenters. The molecule has 19 heavy (non-hydrogen) atoms. The Morgan fingerprint density at radius 2 is 2.05 bits per heavy atom. The van der Waals surface area contributed by atoms with Crippen molar-refractivity contribution in [1.29, 1.82) is 0 Å². The zero-order valence-electron chi connectivity index (χ0n) is 11.0. The number of hydrogen-bond acceptors (Lipinski definition) is 3. The number of carbonyl (C=O) groups excluding carboxylic acids is 3.